The molecule has 0 amide bonds. The molecule has 0 spiro atoms. The maximum Gasteiger partial charge on any atom is 0.0947 e. The third-order valence-electron chi connectivity index (χ3n) is 0.440. The molecule has 0 aromatic rings. The molecule has 0 bridgehead atoms. The highest BCUT2D eigenvalue weighted by Crippen LogP contribution is 2.31. The van der Waals surface area contributed by atoms with Gasteiger partial charge in [-0.15, -0.1) is 12.4 Å². The van der Waals surface area contributed by atoms with Crippen molar-refractivity contribution in [2.75, 3.05) is 19.6 Å². The van der Waals surface area contributed by atoms with E-state index < -0.39 is 7.14 Å². The lowest BCUT2D eigenvalue weighted by Crippen LogP contribution is -1.96. The summed E-state index contributed by atoms with van der Waals surface area (Å²) in [7, 11) is -1.87. The molecule has 0 aliphatic heterocycles. The summed E-state index contributed by atoms with van der Waals surface area (Å²) in [4.78, 5) is 0. The van der Waals surface area contributed by atoms with Gasteiger partial charge in [0, 0.05) is 6.29 Å². The molecule has 0 rings (SSSR count). The summed E-state index contributed by atoms with van der Waals surface area (Å²) >= 11 is 0. The summed E-state index contributed by atoms with van der Waals surface area (Å²) in [6.07, 6.45) is 0.326. The van der Waals surface area contributed by atoms with Crippen molar-refractivity contribution in [2.24, 2.45) is 5.73 Å². The molecule has 0 radical (unpaired) electrons. The molecule has 0 saturated heterocycles. The van der Waals surface area contributed by atoms with E-state index in [1.807, 2.05) is 0 Å². The van der Waals surface area contributed by atoms with E-state index in [0.29, 0.717) is 6.29 Å². The standard InChI is InChI=1S/C3H10NOP.ClH/c1-6(2,5)3-4;/h3-4H2,1-2H3;1H. The molecule has 46 valence electrons. The molecule has 4 heteroatoms. The highest BCUT2D eigenvalue weighted by atomic mass is 35.5. The fourth-order valence-electron chi connectivity index (χ4n) is 0. The first-order valence-corrected chi connectivity index (χ1v) is 4.59. The zero-order chi connectivity index (χ0) is 5.21. The van der Waals surface area contributed by atoms with Gasteiger partial charge < -0.3 is 10.3 Å². The van der Waals surface area contributed by atoms with Gasteiger partial charge in [0.2, 0.25) is 0 Å². The zero-order valence-corrected chi connectivity index (χ0v) is 6.26. The Kier molecular flexibility index (Phi) is 5.20. The second-order valence-electron chi connectivity index (χ2n) is 1.76. The normalized spacial score (nSPS) is 10.1. The van der Waals surface area contributed by atoms with E-state index in [2.05, 4.69) is 0 Å². The van der Waals surface area contributed by atoms with Crippen LogP contribution in [0, 0.1) is 0 Å². The molecule has 0 unspecified atom stereocenters. The van der Waals surface area contributed by atoms with E-state index in [-0.39, 0.29) is 12.4 Å². The highest BCUT2D eigenvalue weighted by Gasteiger charge is 1.98. The Morgan fingerprint density at radius 1 is 1.57 bits per heavy atom. The SMILES string of the molecule is CP(C)(=O)CN.Cl. The van der Waals surface area contributed by atoms with E-state index in [1.165, 1.54) is 0 Å². The van der Waals surface area contributed by atoms with Crippen LogP contribution in [-0.2, 0) is 4.57 Å². The monoisotopic (exact) mass is 143 g/mol. The Bertz CT molecular complexity index is 79.0. The number of hydrogen-bond acceptors (Lipinski definition) is 2. The minimum Gasteiger partial charge on any atom is -0.324 e. The first kappa shape index (κ1) is 10.5. The lowest BCUT2D eigenvalue weighted by Gasteiger charge is -1.96. The summed E-state index contributed by atoms with van der Waals surface area (Å²) in [5.74, 6) is 0. The Morgan fingerprint density at radius 2 is 1.71 bits per heavy atom. The lowest BCUT2D eigenvalue weighted by molar-refractivity contribution is 0.582. The van der Waals surface area contributed by atoms with Crippen LogP contribution in [-0.4, -0.2) is 19.6 Å². The van der Waals surface area contributed by atoms with Crippen LogP contribution in [0.4, 0.5) is 0 Å². The highest BCUT2D eigenvalue weighted by molar-refractivity contribution is 7.62. The summed E-state index contributed by atoms with van der Waals surface area (Å²) in [5, 5.41) is 0. The van der Waals surface area contributed by atoms with Crippen LogP contribution < -0.4 is 5.73 Å². The largest absolute Gasteiger partial charge is 0.324 e. The van der Waals surface area contributed by atoms with E-state index >= 15 is 0 Å². The minimum absolute atomic E-state index is 0. The van der Waals surface area contributed by atoms with Gasteiger partial charge in [-0.2, -0.15) is 0 Å². The number of halogens is 1. The quantitative estimate of drug-likeness (QED) is 0.556. The van der Waals surface area contributed by atoms with Crippen molar-refractivity contribution in [3.8, 4) is 0 Å². The van der Waals surface area contributed by atoms with Crippen LogP contribution in [0.1, 0.15) is 0 Å². The van der Waals surface area contributed by atoms with Crippen LogP contribution in [0.15, 0.2) is 0 Å². The molecule has 2 nitrogen and oxygen atoms in total. The van der Waals surface area contributed by atoms with Gasteiger partial charge in [-0.05, 0) is 13.3 Å². The van der Waals surface area contributed by atoms with Gasteiger partial charge >= 0.3 is 0 Å². The molecular weight excluding hydrogens is 132 g/mol. The van der Waals surface area contributed by atoms with Crippen LogP contribution in [0.2, 0.25) is 0 Å². The molecule has 0 aromatic carbocycles. The van der Waals surface area contributed by atoms with Crippen molar-refractivity contribution in [1.29, 1.82) is 0 Å². The van der Waals surface area contributed by atoms with Gasteiger partial charge in [-0.1, -0.05) is 0 Å². The van der Waals surface area contributed by atoms with Gasteiger partial charge in [0.15, 0.2) is 0 Å². The van der Waals surface area contributed by atoms with Gasteiger partial charge in [0.1, 0.15) is 0 Å². The fourth-order valence-corrected chi connectivity index (χ4v) is 0. The van der Waals surface area contributed by atoms with Crippen molar-refractivity contribution in [3.63, 3.8) is 0 Å². The zero-order valence-electron chi connectivity index (χ0n) is 4.55. The van der Waals surface area contributed by atoms with Gasteiger partial charge in [0.05, 0.1) is 7.14 Å². The summed E-state index contributed by atoms with van der Waals surface area (Å²) < 4.78 is 10.5. The Balaban J connectivity index is 0. The summed E-state index contributed by atoms with van der Waals surface area (Å²) in [6, 6.07) is 0. The van der Waals surface area contributed by atoms with E-state index in [4.69, 9.17) is 5.73 Å². The molecule has 0 atom stereocenters. The molecule has 7 heavy (non-hydrogen) atoms. The van der Waals surface area contributed by atoms with Crippen LogP contribution >= 0.6 is 19.5 Å². The third kappa shape index (κ3) is 10.7. The number of rotatable bonds is 1. The molecule has 0 fully saturated rings. The second-order valence-corrected chi connectivity index (χ2v) is 5.27. The molecule has 0 aliphatic rings. The maximum atomic E-state index is 10.5. The number of nitrogens with two attached hydrogens (primary N) is 1. The van der Waals surface area contributed by atoms with Crippen LogP contribution in [0.25, 0.3) is 0 Å². The maximum absolute atomic E-state index is 10.5. The Labute approximate surface area is 50.3 Å². The van der Waals surface area contributed by atoms with Gasteiger partial charge in [-0.3, -0.25) is 0 Å². The van der Waals surface area contributed by atoms with Crippen molar-refractivity contribution >= 4 is 19.5 Å². The van der Waals surface area contributed by atoms with Crippen molar-refractivity contribution in [3.05, 3.63) is 0 Å². The molecule has 0 aliphatic carbocycles. The smallest absolute Gasteiger partial charge is 0.0947 e. The van der Waals surface area contributed by atoms with Crippen molar-refractivity contribution in [1.82, 2.24) is 0 Å². The predicted molar refractivity (Wildman–Crippen MR) is 35.8 cm³/mol. The topological polar surface area (TPSA) is 43.1 Å². The van der Waals surface area contributed by atoms with E-state index in [0.717, 1.165) is 0 Å². The van der Waals surface area contributed by atoms with Crippen molar-refractivity contribution in [2.45, 2.75) is 0 Å². The second kappa shape index (κ2) is 3.48. The van der Waals surface area contributed by atoms with Crippen molar-refractivity contribution < 1.29 is 4.57 Å². The Morgan fingerprint density at radius 3 is 1.71 bits per heavy atom. The van der Waals surface area contributed by atoms with Gasteiger partial charge in [0.25, 0.3) is 0 Å². The minimum atomic E-state index is -1.87. The van der Waals surface area contributed by atoms with Crippen LogP contribution in [0.5, 0.6) is 0 Å². The number of hydrogen-bond donors (Lipinski definition) is 1. The first-order valence-electron chi connectivity index (χ1n) is 1.80. The molecular formula is C3H11ClNOP. The van der Waals surface area contributed by atoms with E-state index in [9.17, 15) is 4.57 Å². The Hall–Kier alpha value is 0.480. The molecule has 0 aromatic heterocycles. The average molecular weight is 144 g/mol. The third-order valence-corrected chi connectivity index (χ3v) is 1.32. The fraction of sp³-hybridized carbons (Fsp3) is 1.00. The first-order chi connectivity index (χ1) is 2.56. The molecule has 0 saturated carbocycles. The molecule has 0 heterocycles. The van der Waals surface area contributed by atoms with Gasteiger partial charge in [-0.25, -0.2) is 0 Å². The lowest BCUT2D eigenvalue weighted by atomic mass is 11.5. The predicted octanol–water partition coefficient (Wildman–Crippen LogP) is 0.947. The summed E-state index contributed by atoms with van der Waals surface area (Å²) in [6.45, 7) is 3.35. The average Bonchev–Trinajstić information content (AvgIpc) is 1.35. The molecule has 2 N–H and O–H groups in total. The van der Waals surface area contributed by atoms with E-state index in [1.54, 1.807) is 13.3 Å². The summed E-state index contributed by atoms with van der Waals surface area (Å²) in [5.41, 5.74) is 5.04. The van der Waals surface area contributed by atoms with Crippen LogP contribution in [0.3, 0.4) is 0 Å².